The molecular weight excluding hydrogens is 203 g/mol. The van der Waals surface area contributed by atoms with Crippen molar-refractivity contribution in [1.29, 1.82) is 0 Å². The molecule has 1 aliphatic rings. The van der Waals surface area contributed by atoms with E-state index in [0.29, 0.717) is 19.4 Å². The quantitative estimate of drug-likeness (QED) is 0.833. The second-order valence-electron chi connectivity index (χ2n) is 4.35. The van der Waals surface area contributed by atoms with Crippen molar-refractivity contribution in [1.82, 2.24) is 0 Å². The van der Waals surface area contributed by atoms with Gasteiger partial charge in [-0.25, -0.2) is 4.39 Å². The summed E-state index contributed by atoms with van der Waals surface area (Å²) in [6.07, 6.45) is 1.63. The van der Waals surface area contributed by atoms with Crippen LogP contribution in [0.25, 0.3) is 0 Å². The Morgan fingerprint density at radius 2 is 2.06 bits per heavy atom. The van der Waals surface area contributed by atoms with Crippen LogP contribution < -0.4 is 10.6 Å². The molecule has 2 rings (SSSR count). The number of anilines is 1. The number of para-hydroxylation sites is 1. The molecule has 1 atom stereocenters. The summed E-state index contributed by atoms with van der Waals surface area (Å²) in [6, 6.07) is 8.15. The van der Waals surface area contributed by atoms with Crippen LogP contribution >= 0.6 is 0 Å². The van der Waals surface area contributed by atoms with E-state index in [9.17, 15) is 4.39 Å². The first-order valence-electron chi connectivity index (χ1n) is 5.98. The van der Waals surface area contributed by atoms with E-state index < -0.39 is 6.17 Å². The van der Waals surface area contributed by atoms with Crippen LogP contribution in [0.15, 0.2) is 24.3 Å². The molecule has 1 aromatic carbocycles. The van der Waals surface area contributed by atoms with E-state index in [4.69, 9.17) is 5.73 Å². The molecule has 0 aliphatic carbocycles. The first-order valence-corrected chi connectivity index (χ1v) is 5.98. The Hall–Kier alpha value is -1.09. The van der Waals surface area contributed by atoms with E-state index in [0.717, 1.165) is 25.1 Å². The maximum absolute atomic E-state index is 13.3. The Kier molecular flexibility index (Phi) is 3.78. The number of benzene rings is 1. The van der Waals surface area contributed by atoms with Crippen molar-refractivity contribution in [3.05, 3.63) is 29.8 Å². The molecule has 2 N–H and O–H groups in total. The zero-order valence-corrected chi connectivity index (χ0v) is 9.53. The highest BCUT2D eigenvalue weighted by Crippen LogP contribution is 2.24. The van der Waals surface area contributed by atoms with Gasteiger partial charge in [-0.15, -0.1) is 0 Å². The van der Waals surface area contributed by atoms with Crippen LogP contribution in [-0.2, 0) is 6.54 Å². The molecule has 0 aromatic heterocycles. The SMILES string of the molecule is NCc1ccccc1N1CCCC(F)CC1. The minimum absolute atomic E-state index is 0.547. The van der Waals surface area contributed by atoms with Gasteiger partial charge < -0.3 is 10.6 Å². The second-order valence-corrected chi connectivity index (χ2v) is 4.35. The lowest BCUT2D eigenvalue weighted by Gasteiger charge is -2.25. The van der Waals surface area contributed by atoms with Gasteiger partial charge in [0.1, 0.15) is 6.17 Å². The lowest BCUT2D eigenvalue weighted by Crippen LogP contribution is -2.25. The van der Waals surface area contributed by atoms with Crippen molar-refractivity contribution in [2.75, 3.05) is 18.0 Å². The highest BCUT2D eigenvalue weighted by atomic mass is 19.1. The topological polar surface area (TPSA) is 29.3 Å². The van der Waals surface area contributed by atoms with Crippen molar-refractivity contribution in [3.8, 4) is 0 Å². The Labute approximate surface area is 96.2 Å². The molecule has 1 heterocycles. The second kappa shape index (κ2) is 5.30. The van der Waals surface area contributed by atoms with Crippen LogP contribution in [0.5, 0.6) is 0 Å². The monoisotopic (exact) mass is 222 g/mol. The third-order valence-corrected chi connectivity index (χ3v) is 3.21. The highest BCUT2D eigenvalue weighted by Gasteiger charge is 2.17. The average Bonchev–Trinajstić information content (AvgIpc) is 2.54. The van der Waals surface area contributed by atoms with Crippen molar-refractivity contribution in [2.24, 2.45) is 5.73 Å². The van der Waals surface area contributed by atoms with Crippen LogP contribution in [-0.4, -0.2) is 19.3 Å². The van der Waals surface area contributed by atoms with E-state index >= 15 is 0 Å². The largest absolute Gasteiger partial charge is 0.371 e. The minimum Gasteiger partial charge on any atom is -0.371 e. The number of alkyl halides is 1. The van der Waals surface area contributed by atoms with Gasteiger partial charge in [0.05, 0.1) is 0 Å². The van der Waals surface area contributed by atoms with Gasteiger partial charge in [-0.05, 0) is 30.9 Å². The molecule has 0 bridgehead atoms. The van der Waals surface area contributed by atoms with Gasteiger partial charge in [-0.2, -0.15) is 0 Å². The highest BCUT2D eigenvalue weighted by molar-refractivity contribution is 5.53. The van der Waals surface area contributed by atoms with Gasteiger partial charge in [0.15, 0.2) is 0 Å². The molecular formula is C13H19FN2. The predicted molar refractivity (Wildman–Crippen MR) is 65.3 cm³/mol. The Balaban J connectivity index is 2.16. The Morgan fingerprint density at radius 3 is 2.88 bits per heavy atom. The van der Waals surface area contributed by atoms with E-state index in [1.807, 2.05) is 18.2 Å². The molecule has 0 spiro atoms. The van der Waals surface area contributed by atoms with E-state index in [2.05, 4.69) is 11.0 Å². The molecule has 0 amide bonds. The summed E-state index contributed by atoms with van der Waals surface area (Å²) >= 11 is 0. The third-order valence-electron chi connectivity index (χ3n) is 3.21. The predicted octanol–water partition coefficient (Wildman–Crippen LogP) is 2.47. The van der Waals surface area contributed by atoms with E-state index in [1.54, 1.807) is 0 Å². The van der Waals surface area contributed by atoms with Gasteiger partial charge in [-0.1, -0.05) is 18.2 Å². The molecule has 1 unspecified atom stereocenters. The number of hydrogen-bond acceptors (Lipinski definition) is 2. The Bertz CT molecular complexity index is 340. The van der Waals surface area contributed by atoms with Crippen LogP contribution in [0.4, 0.5) is 10.1 Å². The zero-order chi connectivity index (χ0) is 11.4. The van der Waals surface area contributed by atoms with Crippen molar-refractivity contribution < 1.29 is 4.39 Å². The van der Waals surface area contributed by atoms with Gasteiger partial charge in [0.2, 0.25) is 0 Å². The molecule has 1 aromatic rings. The first kappa shape index (κ1) is 11.4. The Morgan fingerprint density at radius 1 is 1.25 bits per heavy atom. The molecule has 2 nitrogen and oxygen atoms in total. The normalized spacial score (nSPS) is 21.9. The van der Waals surface area contributed by atoms with Gasteiger partial charge in [-0.3, -0.25) is 0 Å². The smallest absolute Gasteiger partial charge is 0.102 e. The number of rotatable bonds is 2. The van der Waals surface area contributed by atoms with Crippen LogP contribution in [0.3, 0.4) is 0 Å². The van der Waals surface area contributed by atoms with E-state index in [-0.39, 0.29) is 0 Å². The molecule has 1 aliphatic heterocycles. The number of hydrogen-bond donors (Lipinski definition) is 1. The summed E-state index contributed by atoms with van der Waals surface area (Å²) in [5, 5.41) is 0. The number of nitrogens with zero attached hydrogens (tertiary/aromatic N) is 1. The zero-order valence-electron chi connectivity index (χ0n) is 9.53. The summed E-state index contributed by atoms with van der Waals surface area (Å²) in [6.45, 7) is 2.29. The fraction of sp³-hybridized carbons (Fsp3) is 0.538. The van der Waals surface area contributed by atoms with E-state index in [1.165, 1.54) is 5.69 Å². The molecule has 88 valence electrons. The average molecular weight is 222 g/mol. The third kappa shape index (κ3) is 2.53. The van der Waals surface area contributed by atoms with Crippen LogP contribution in [0.1, 0.15) is 24.8 Å². The van der Waals surface area contributed by atoms with Crippen molar-refractivity contribution in [2.45, 2.75) is 32.0 Å². The molecule has 0 radical (unpaired) electrons. The van der Waals surface area contributed by atoms with Crippen LogP contribution in [0.2, 0.25) is 0 Å². The maximum Gasteiger partial charge on any atom is 0.102 e. The summed E-state index contributed by atoms with van der Waals surface area (Å²) < 4.78 is 13.3. The fourth-order valence-electron chi connectivity index (χ4n) is 2.29. The lowest BCUT2D eigenvalue weighted by molar-refractivity contribution is 0.307. The number of halogens is 1. The first-order chi connectivity index (χ1) is 7.81. The fourth-order valence-corrected chi connectivity index (χ4v) is 2.29. The summed E-state index contributed by atoms with van der Waals surface area (Å²) in [5.41, 5.74) is 8.06. The van der Waals surface area contributed by atoms with Crippen LogP contribution in [0, 0.1) is 0 Å². The van der Waals surface area contributed by atoms with Crippen molar-refractivity contribution >= 4 is 5.69 Å². The molecule has 3 heteroatoms. The molecule has 1 saturated heterocycles. The minimum atomic E-state index is -0.630. The summed E-state index contributed by atoms with van der Waals surface area (Å²) in [4.78, 5) is 2.27. The molecule has 1 fully saturated rings. The summed E-state index contributed by atoms with van der Waals surface area (Å²) in [7, 11) is 0. The molecule has 16 heavy (non-hydrogen) atoms. The van der Waals surface area contributed by atoms with Gasteiger partial charge in [0.25, 0.3) is 0 Å². The maximum atomic E-state index is 13.3. The summed E-state index contributed by atoms with van der Waals surface area (Å²) in [5.74, 6) is 0. The van der Waals surface area contributed by atoms with Crippen molar-refractivity contribution in [3.63, 3.8) is 0 Å². The standard InChI is InChI=1S/C13H19FN2/c14-12-5-3-8-16(9-7-12)13-6-2-1-4-11(13)10-15/h1-2,4,6,12H,3,5,7-10,15H2. The lowest BCUT2D eigenvalue weighted by atomic mass is 10.1. The van der Waals surface area contributed by atoms with Gasteiger partial charge >= 0.3 is 0 Å². The van der Waals surface area contributed by atoms with Gasteiger partial charge in [0, 0.05) is 25.3 Å². The molecule has 0 saturated carbocycles. The number of nitrogens with two attached hydrogens (primary N) is 1.